The number of hydrogen-bond donors (Lipinski definition) is 2. The Balaban J connectivity index is 1.72. The van der Waals surface area contributed by atoms with E-state index in [-0.39, 0.29) is 6.10 Å². The van der Waals surface area contributed by atoms with Crippen LogP contribution in [-0.4, -0.2) is 22.3 Å². The largest absolute Gasteiger partial charge is 0.393 e. The van der Waals surface area contributed by atoms with Gasteiger partial charge in [0.05, 0.1) is 6.10 Å². The summed E-state index contributed by atoms with van der Waals surface area (Å²) >= 11 is 0. The van der Waals surface area contributed by atoms with Crippen molar-refractivity contribution in [2.75, 3.05) is 6.54 Å². The molecule has 2 rings (SSSR count). The van der Waals surface area contributed by atoms with Crippen LogP contribution in [0.15, 0.2) is 18.3 Å². The molecule has 2 unspecified atom stereocenters. The Kier molecular flexibility index (Phi) is 4.63. The van der Waals surface area contributed by atoms with E-state index in [0.717, 1.165) is 32.5 Å². The first-order chi connectivity index (χ1) is 8.29. The van der Waals surface area contributed by atoms with Gasteiger partial charge in [0.2, 0.25) is 0 Å². The van der Waals surface area contributed by atoms with Crippen molar-refractivity contribution in [1.82, 2.24) is 9.88 Å². The Morgan fingerprint density at radius 3 is 3.12 bits per heavy atom. The highest BCUT2D eigenvalue weighted by molar-refractivity contribution is 5.06. The van der Waals surface area contributed by atoms with Gasteiger partial charge in [-0.05, 0) is 50.8 Å². The summed E-state index contributed by atoms with van der Waals surface area (Å²) in [7, 11) is 0. The minimum absolute atomic E-state index is 0.0601. The predicted octanol–water partition coefficient (Wildman–Crippen LogP) is 2.15. The van der Waals surface area contributed by atoms with Crippen LogP contribution in [0.2, 0.25) is 0 Å². The molecule has 2 N–H and O–H groups in total. The molecule has 0 spiro atoms. The first-order valence-corrected chi connectivity index (χ1v) is 6.82. The van der Waals surface area contributed by atoms with Crippen molar-refractivity contribution in [3.05, 3.63) is 24.0 Å². The number of aromatic nitrogens is 1. The van der Waals surface area contributed by atoms with Gasteiger partial charge < -0.3 is 15.0 Å². The van der Waals surface area contributed by atoms with Gasteiger partial charge in [0.25, 0.3) is 0 Å². The van der Waals surface area contributed by atoms with E-state index < -0.39 is 0 Å². The molecule has 1 heterocycles. The topological polar surface area (TPSA) is 37.2 Å². The molecule has 0 bridgehead atoms. The van der Waals surface area contributed by atoms with E-state index >= 15 is 0 Å². The summed E-state index contributed by atoms with van der Waals surface area (Å²) in [5, 5.41) is 13.1. The highest BCUT2D eigenvalue weighted by Crippen LogP contribution is 2.23. The number of nitrogens with zero attached hydrogens (tertiary/aromatic N) is 1. The average molecular weight is 236 g/mol. The average Bonchev–Trinajstić information content (AvgIpc) is 2.77. The Morgan fingerprint density at radius 1 is 1.47 bits per heavy atom. The Labute approximate surface area is 104 Å². The lowest BCUT2D eigenvalue weighted by Crippen LogP contribution is -2.29. The maximum Gasteiger partial charge on any atom is 0.0543 e. The van der Waals surface area contributed by atoms with Crippen molar-refractivity contribution in [3.63, 3.8) is 0 Å². The molecule has 1 aliphatic rings. The van der Waals surface area contributed by atoms with Crippen LogP contribution in [0.5, 0.6) is 0 Å². The lowest BCUT2D eigenvalue weighted by atomic mass is 9.87. The molecule has 3 nitrogen and oxygen atoms in total. The van der Waals surface area contributed by atoms with E-state index in [1.54, 1.807) is 0 Å². The summed E-state index contributed by atoms with van der Waals surface area (Å²) in [6.45, 7) is 5.17. The van der Waals surface area contributed by atoms with Crippen molar-refractivity contribution >= 4 is 0 Å². The quantitative estimate of drug-likeness (QED) is 0.822. The molecule has 0 aliphatic heterocycles. The van der Waals surface area contributed by atoms with Gasteiger partial charge in [0, 0.05) is 25.0 Å². The molecule has 2 atom stereocenters. The fraction of sp³-hybridized carbons (Fsp3) is 0.714. The second kappa shape index (κ2) is 6.22. The van der Waals surface area contributed by atoms with Crippen LogP contribution in [-0.2, 0) is 13.1 Å². The van der Waals surface area contributed by atoms with E-state index in [9.17, 15) is 5.11 Å². The second-order valence-electron chi connectivity index (χ2n) is 5.10. The lowest BCUT2D eigenvalue weighted by molar-refractivity contribution is 0.100. The molecule has 0 aromatic carbocycles. The van der Waals surface area contributed by atoms with Crippen LogP contribution in [0.25, 0.3) is 0 Å². The van der Waals surface area contributed by atoms with E-state index in [0.29, 0.717) is 5.92 Å². The van der Waals surface area contributed by atoms with Gasteiger partial charge >= 0.3 is 0 Å². The van der Waals surface area contributed by atoms with Gasteiger partial charge in [-0.25, -0.2) is 0 Å². The van der Waals surface area contributed by atoms with Crippen molar-refractivity contribution in [2.45, 2.75) is 51.8 Å². The Bertz CT molecular complexity index is 335. The molecule has 96 valence electrons. The highest BCUT2D eigenvalue weighted by Gasteiger charge is 2.19. The fourth-order valence-electron chi connectivity index (χ4n) is 2.77. The predicted molar refractivity (Wildman–Crippen MR) is 69.8 cm³/mol. The van der Waals surface area contributed by atoms with Crippen molar-refractivity contribution in [2.24, 2.45) is 5.92 Å². The van der Waals surface area contributed by atoms with Gasteiger partial charge in [-0.15, -0.1) is 0 Å². The number of nitrogens with one attached hydrogen (secondary N) is 1. The van der Waals surface area contributed by atoms with Crippen LogP contribution >= 0.6 is 0 Å². The SMILES string of the molecule is CCn1cccc1CNCC1CCCC(O)C1. The minimum Gasteiger partial charge on any atom is -0.393 e. The third-order valence-corrected chi connectivity index (χ3v) is 3.76. The molecule has 17 heavy (non-hydrogen) atoms. The van der Waals surface area contributed by atoms with Gasteiger partial charge in [0.15, 0.2) is 0 Å². The second-order valence-corrected chi connectivity index (χ2v) is 5.10. The van der Waals surface area contributed by atoms with Gasteiger partial charge in [0.1, 0.15) is 0 Å². The molecule has 0 amide bonds. The van der Waals surface area contributed by atoms with E-state index in [2.05, 4.69) is 35.1 Å². The zero-order valence-corrected chi connectivity index (χ0v) is 10.7. The minimum atomic E-state index is -0.0601. The normalized spacial score (nSPS) is 25.1. The molecule has 1 aromatic heterocycles. The molecular formula is C14H24N2O. The first-order valence-electron chi connectivity index (χ1n) is 6.82. The molecule has 1 saturated carbocycles. The standard InChI is InChI=1S/C14H24N2O/c1-2-16-8-4-6-13(16)11-15-10-12-5-3-7-14(17)9-12/h4,6,8,12,14-15,17H,2-3,5,7,9-11H2,1H3. The number of aliphatic hydroxyl groups is 1. The van der Waals surface area contributed by atoms with Gasteiger partial charge in [-0.3, -0.25) is 0 Å². The Morgan fingerprint density at radius 2 is 2.35 bits per heavy atom. The third kappa shape index (κ3) is 3.58. The van der Waals surface area contributed by atoms with Gasteiger partial charge in [-0.1, -0.05) is 6.42 Å². The summed E-state index contributed by atoms with van der Waals surface area (Å²) < 4.78 is 2.27. The number of rotatable bonds is 5. The zero-order valence-electron chi connectivity index (χ0n) is 10.7. The van der Waals surface area contributed by atoms with Crippen LogP contribution in [0.3, 0.4) is 0 Å². The van der Waals surface area contributed by atoms with E-state index in [1.807, 2.05) is 0 Å². The molecule has 0 saturated heterocycles. The number of aliphatic hydroxyl groups excluding tert-OH is 1. The molecule has 1 aliphatic carbocycles. The monoisotopic (exact) mass is 236 g/mol. The maximum atomic E-state index is 9.61. The van der Waals surface area contributed by atoms with E-state index in [1.165, 1.54) is 18.5 Å². The van der Waals surface area contributed by atoms with Crippen molar-refractivity contribution < 1.29 is 5.11 Å². The summed E-state index contributed by atoms with van der Waals surface area (Å²) in [6, 6.07) is 4.27. The van der Waals surface area contributed by atoms with Crippen molar-refractivity contribution in [3.8, 4) is 0 Å². The lowest BCUT2D eigenvalue weighted by Gasteiger charge is -2.26. The molecule has 0 radical (unpaired) electrons. The molecule has 1 fully saturated rings. The van der Waals surface area contributed by atoms with Gasteiger partial charge in [-0.2, -0.15) is 0 Å². The summed E-state index contributed by atoms with van der Waals surface area (Å²) in [6.07, 6.45) is 6.48. The van der Waals surface area contributed by atoms with Crippen LogP contribution in [0, 0.1) is 5.92 Å². The molecular weight excluding hydrogens is 212 g/mol. The molecule has 3 heteroatoms. The zero-order chi connectivity index (χ0) is 12.1. The van der Waals surface area contributed by atoms with Crippen LogP contribution in [0.4, 0.5) is 0 Å². The maximum absolute atomic E-state index is 9.61. The highest BCUT2D eigenvalue weighted by atomic mass is 16.3. The van der Waals surface area contributed by atoms with E-state index in [4.69, 9.17) is 0 Å². The smallest absolute Gasteiger partial charge is 0.0543 e. The molecule has 1 aromatic rings. The summed E-state index contributed by atoms with van der Waals surface area (Å²) in [4.78, 5) is 0. The summed E-state index contributed by atoms with van der Waals surface area (Å²) in [5.41, 5.74) is 1.35. The Hall–Kier alpha value is -0.800. The third-order valence-electron chi connectivity index (χ3n) is 3.76. The van der Waals surface area contributed by atoms with Crippen LogP contribution < -0.4 is 5.32 Å². The fourth-order valence-corrected chi connectivity index (χ4v) is 2.77. The number of aryl methyl sites for hydroxylation is 1. The first kappa shape index (κ1) is 12.7. The number of hydrogen-bond acceptors (Lipinski definition) is 2. The van der Waals surface area contributed by atoms with Crippen molar-refractivity contribution in [1.29, 1.82) is 0 Å². The summed E-state index contributed by atoms with van der Waals surface area (Å²) in [5.74, 6) is 0.656. The van der Waals surface area contributed by atoms with Crippen LogP contribution in [0.1, 0.15) is 38.3 Å².